The molecule has 6 nitrogen and oxygen atoms in total. The van der Waals surface area contributed by atoms with Crippen LogP contribution in [0.4, 0.5) is 0 Å². The van der Waals surface area contributed by atoms with Crippen molar-refractivity contribution in [2.75, 3.05) is 25.9 Å². The van der Waals surface area contributed by atoms with Crippen LogP contribution in [0.25, 0.3) is 0 Å². The summed E-state index contributed by atoms with van der Waals surface area (Å²) in [6.45, 7) is 2.08. The number of carbonyl (C=O) groups is 1. The predicted octanol–water partition coefficient (Wildman–Crippen LogP) is 0.542. The highest BCUT2D eigenvalue weighted by Crippen LogP contribution is 2.26. The van der Waals surface area contributed by atoms with Crippen molar-refractivity contribution in [3.05, 3.63) is 5.82 Å². The number of halogens is 1. The van der Waals surface area contributed by atoms with Crippen LogP contribution >= 0.6 is 24.2 Å². The van der Waals surface area contributed by atoms with Crippen molar-refractivity contribution < 1.29 is 4.79 Å². The second kappa shape index (κ2) is 7.72. The van der Waals surface area contributed by atoms with Gasteiger partial charge in [-0.2, -0.15) is 0 Å². The van der Waals surface area contributed by atoms with Crippen molar-refractivity contribution >= 4 is 30.1 Å². The first-order valence-electron chi connectivity index (χ1n) is 6.15. The Morgan fingerprint density at radius 1 is 1.47 bits per heavy atom. The van der Waals surface area contributed by atoms with Gasteiger partial charge < -0.3 is 15.2 Å². The second-order valence-corrected chi connectivity index (χ2v) is 5.33. The molecular weight excluding hydrogens is 286 g/mol. The van der Waals surface area contributed by atoms with Crippen molar-refractivity contribution in [2.45, 2.75) is 23.9 Å². The molecule has 2 heterocycles. The van der Waals surface area contributed by atoms with Crippen LogP contribution in [-0.2, 0) is 11.8 Å². The molecule has 0 spiro atoms. The zero-order chi connectivity index (χ0) is 13.0. The van der Waals surface area contributed by atoms with E-state index in [1.54, 1.807) is 7.05 Å². The molecule has 1 saturated heterocycles. The predicted molar refractivity (Wildman–Crippen MR) is 77.9 cm³/mol. The minimum absolute atomic E-state index is 0. The number of nitrogens with zero attached hydrogens (tertiary/aromatic N) is 3. The molecule has 0 radical (unpaired) electrons. The average molecular weight is 306 g/mol. The molecule has 0 aromatic carbocycles. The highest BCUT2D eigenvalue weighted by Gasteiger charge is 2.21. The molecule has 2 rings (SSSR count). The number of aromatic nitrogens is 3. The van der Waals surface area contributed by atoms with Gasteiger partial charge in [0.1, 0.15) is 5.82 Å². The summed E-state index contributed by atoms with van der Waals surface area (Å²) in [7, 11) is 3.61. The molecule has 0 bridgehead atoms. The van der Waals surface area contributed by atoms with Crippen LogP contribution in [0.3, 0.4) is 0 Å². The molecule has 2 N–H and O–H groups in total. The molecule has 0 saturated carbocycles. The van der Waals surface area contributed by atoms with Crippen LogP contribution in [0.2, 0.25) is 0 Å². The fourth-order valence-electron chi connectivity index (χ4n) is 2.09. The SMILES string of the molecule is CNC(=O)CSc1nnc(C2CCNCC2)n1C.Cl. The van der Waals surface area contributed by atoms with E-state index < -0.39 is 0 Å². The molecule has 0 unspecified atom stereocenters. The summed E-state index contributed by atoms with van der Waals surface area (Å²) in [5.41, 5.74) is 0. The minimum Gasteiger partial charge on any atom is -0.358 e. The Morgan fingerprint density at radius 2 is 2.16 bits per heavy atom. The van der Waals surface area contributed by atoms with Crippen LogP contribution < -0.4 is 10.6 Å². The van der Waals surface area contributed by atoms with Gasteiger partial charge in [0.25, 0.3) is 0 Å². The van der Waals surface area contributed by atoms with Crippen LogP contribution in [-0.4, -0.2) is 46.6 Å². The topological polar surface area (TPSA) is 71.8 Å². The standard InChI is InChI=1S/C11H19N5OS.ClH/c1-12-9(17)7-18-11-15-14-10(16(11)2)8-3-5-13-6-4-8;/h8,13H,3-7H2,1-2H3,(H,12,17);1H. The van der Waals surface area contributed by atoms with E-state index in [0.29, 0.717) is 11.7 Å². The van der Waals surface area contributed by atoms with E-state index in [9.17, 15) is 4.79 Å². The van der Waals surface area contributed by atoms with Crippen LogP contribution in [0.5, 0.6) is 0 Å². The summed E-state index contributed by atoms with van der Waals surface area (Å²) in [4.78, 5) is 11.2. The Morgan fingerprint density at radius 3 is 2.79 bits per heavy atom. The first kappa shape index (κ1) is 16.3. The fourth-order valence-corrected chi connectivity index (χ4v) is 2.88. The van der Waals surface area contributed by atoms with Crippen LogP contribution in [0.1, 0.15) is 24.6 Å². The first-order valence-corrected chi connectivity index (χ1v) is 7.14. The van der Waals surface area contributed by atoms with Crippen molar-refractivity contribution in [1.82, 2.24) is 25.4 Å². The minimum atomic E-state index is 0. The molecule has 0 atom stereocenters. The van der Waals surface area contributed by atoms with E-state index in [2.05, 4.69) is 20.8 Å². The van der Waals surface area contributed by atoms with Crippen LogP contribution in [0, 0.1) is 0 Å². The van der Waals surface area contributed by atoms with Gasteiger partial charge in [0.05, 0.1) is 5.75 Å². The Hall–Kier alpha value is -0.790. The summed E-state index contributed by atoms with van der Waals surface area (Å²) < 4.78 is 2.02. The van der Waals surface area contributed by atoms with E-state index in [0.717, 1.165) is 36.9 Å². The number of rotatable bonds is 4. The zero-order valence-corrected chi connectivity index (χ0v) is 12.8. The monoisotopic (exact) mass is 305 g/mol. The average Bonchev–Trinajstić information content (AvgIpc) is 2.78. The highest BCUT2D eigenvalue weighted by atomic mass is 35.5. The smallest absolute Gasteiger partial charge is 0.230 e. The maximum atomic E-state index is 11.2. The third-order valence-corrected chi connectivity index (χ3v) is 4.20. The summed E-state index contributed by atoms with van der Waals surface area (Å²) in [5, 5.41) is 15.2. The maximum Gasteiger partial charge on any atom is 0.230 e. The van der Waals surface area contributed by atoms with Gasteiger partial charge in [0.2, 0.25) is 5.91 Å². The summed E-state index contributed by atoms with van der Waals surface area (Å²) in [6.07, 6.45) is 2.21. The van der Waals surface area contributed by atoms with Crippen molar-refractivity contribution in [3.8, 4) is 0 Å². The Labute approximate surface area is 123 Å². The fraction of sp³-hybridized carbons (Fsp3) is 0.727. The lowest BCUT2D eigenvalue weighted by atomic mass is 9.97. The van der Waals surface area contributed by atoms with Crippen LogP contribution in [0.15, 0.2) is 5.16 Å². The third-order valence-electron chi connectivity index (χ3n) is 3.18. The van der Waals surface area contributed by atoms with E-state index in [4.69, 9.17) is 0 Å². The van der Waals surface area contributed by atoms with Crippen molar-refractivity contribution in [1.29, 1.82) is 0 Å². The lowest BCUT2D eigenvalue weighted by Crippen LogP contribution is -2.28. The largest absolute Gasteiger partial charge is 0.358 e. The zero-order valence-electron chi connectivity index (χ0n) is 11.2. The molecule has 108 valence electrons. The molecule has 0 aliphatic carbocycles. The Balaban J connectivity index is 0.00000180. The number of hydrogen-bond acceptors (Lipinski definition) is 5. The molecular formula is C11H20ClN5OS. The molecule has 1 aromatic rings. The van der Waals surface area contributed by atoms with Gasteiger partial charge in [0, 0.05) is 20.0 Å². The van der Waals surface area contributed by atoms with Gasteiger partial charge >= 0.3 is 0 Å². The van der Waals surface area contributed by atoms with Gasteiger partial charge in [-0.15, -0.1) is 22.6 Å². The number of nitrogens with one attached hydrogen (secondary N) is 2. The molecule has 19 heavy (non-hydrogen) atoms. The second-order valence-electron chi connectivity index (χ2n) is 4.39. The van der Waals surface area contributed by atoms with Gasteiger partial charge in [-0.25, -0.2) is 0 Å². The summed E-state index contributed by atoms with van der Waals surface area (Å²) >= 11 is 1.43. The molecule has 1 aliphatic heterocycles. The molecule has 1 aromatic heterocycles. The lowest BCUT2D eigenvalue weighted by Gasteiger charge is -2.21. The van der Waals surface area contributed by atoms with E-state index in [-0.39, 0.29) is 18.3 Å². The van der Waals surface area contributed by atoms with Crippen molar-refractivity contribution in [2.24, 2.45) is 7.05 Å². The van der Waals surface area contributed by atoms with E-state index >= 15 is 0 Å². The highest BCUT2D eigenvalue weighted by molar-refractivity contribution is 7.99. The van der Waals surface area contributed by atoms with Gasteiger partial charge in [0.15, 0.2) is 5.16 Å². The first-order chi connectivity index (χ1) is 8.72. The van der Waals surface area contributed by atoms with E-state index in [1.807, 2.05) is 11.6 Å². The molecule has 8 heteroatoms. The van der Waals surface area contributed by atoms with Gasteiger partial charge in [-0.1, -0.05) is 11.8 Å². The molecule has 1 amide bonds. The number of carbonyl (C=O) groups excluding carboxylic acids is 1. The third kappa shape index (κ3) is 4.09. The Bertz CT molecular complexity index is 419. The summed E-state index contributed by atoms with van der Waals surface area (Å²) in [6, 6.07) is 0. The normalized spacial score (nSPS) is 15.9. The van der Waals surface area contributed by atoms with Gasteiger partial charge in [-0.05, 0) is 25.9 Å². The quantitative estimate of drug-likeness (QED) is 0.795. The number of hydrogen-bond donors (Lipinski definition) is 2. The summed E-state index contributed by atoms with van der Waals surface area (Å²) in [5.74, 6) is 1.91. The van der Waals surface area contributed by atoms with Crippen molar-refractivity contribution in [3.63, 3.8) is 0 Å². The molecule has 1 fully saturated rings. The van der Waals surface area contributed by atoms with Gasteiger partial charge in [-0.3, -0.25) is 4.79 Å². The Kier molecular flexibility index (Phi) is 6.60. The maximum absolute atomic E-state index is 11.2. The lowest BCUT2D eigenvalue weighted by molar-refractivity contribution is -0.118. The molecule has 1 aliphatic rings. The number of amides is 1. The van der Waals surface area contributed by atoms with E-state index in [1.165, 1.54) is 11.8 Å². The number of thioether (sulfide) groups is 1. The number of piperidine rings is 1.